The molecule has 32 heavy (non-hydrogen) atoms. The van der Waals surface area contributed by atoms with Gasteiger partial charge in [0.15, 0.2) is 11.7 Å². The monoisotopic (exact) mass is 473 g/mol. The fourth-order valence-corrected chi connectivity index (χ4v) is 4.25. The van der Waals surface area contributed by atoms with E-state index in [-0.39, 0.29) is 10.8 Å². The maximum Gasteiger partial charge on any atom is 0.236 e. The van der Waals surface area contributed by atoms with Gasteiger partial charge in [-0.2, -0.15) is 0 Å². The Balaban J connectivity index is 2.02. The number of hydrogen-bond donors (Lipinski definition) is 0. The molecular formula is C27H33Cl2NO2. The van der Waals surface area contributed by atoms with Gasteiger partial charge in [-0.15, -0.1) is 0 Å². The lowest BCUT2D eigenvalue weighted by atomic mass is 9.76. The largest absolute Gasteiger partial charge is 0.481 e. The molecule has 0 saturated heterocycles. The number of fused-ring (bicyclic) bond motifs is 1. The molecule has 2 aromatic carbocycles. The molecule has 1 unspecified atom stereocenters. The maximum absolute atomic E-state index is 6.47. The summed E-state index contributed by atoms with van der Waals surface area (Å²) in [4.78, 5) is 4.59. The number of nitrogens with zero attached hydrogens (tertiary/aromatic N) is 1. The highest BCUT2D eigenvalue weighted by atomic mass is 35.5. The van der Waals surface area contributed by atoms with Crippen molar-refractivity contribution in [2.24, 2.45) is 0 Å². The van der Waals surface area contributed by atoms with Gasteiger partial charge in [0.25, 0.3) is 0 Å². The van der Waals surface area contributed by atoms with Gasteiger partial charge in [-0.05, 0) is 48.3 Å². The Labute approximate surface area is 201 Å². The summed E-state index contributed by atoms with van der Waals surface area (Å²) in [5.74, 6) is 1.30. The molecule has 0 N–H and O–H groups in total. The van der Waals surface area contributed by atoms with E-state index in [1.807, 2.05) is 6.92 Å². The molecule has 0 saturated carbocycles. The molecule has 0 fully saturated rings. The van der Waals surface area contributed by atoms with Crippen molar-refractivity contribution in [3.8, 4) is 5.75 Å². The van der Waals surface area contributed by atoms with Crippen molar-refractivity contribution in [3.63, 3.8) is 0 Å². The van der Waals surface area contributed by atoms with E-state index in [1.54, 1.807) is 12.1 Å². The van der Waals surface area contributed by atoms with Crippen LogP contribution in [0.4, 0.5) is 0 Å². The third kappa shape index (κ3) is 4.56. The van der Waals surface area contributed by atoms with Crippen molar-refractivity contribution >= 4 is 40.4 Å². The number of hydrogen-bond acceptors (Lipinski definition) is 3. The van der Waals surface area contributed by atoms with Crippen LogP contribution in [0.3, 0.4) is 0 Å². The maximum atomic E-state index is 6.47. The van der Waals surface area contributed by atoms with E-state index in [0.29, 0.717) is 32.6 Å². The first kappa shape index (κ1) is 24.7. The van der Waals surface area contributed by atoms with Gasteiger partial charge in [0.05, 0.1) is 10.0 Å². The summed E-state index contributed by atoms with van der Waals surface area (Å²) < 4.78 is 12.4. The van der Waals surface area contributed by atoms with Crippen molar-refractivity contribution in [2.75, 3.05) is 0 Å². The minimum absolute atomic E-state index is 0.0358. The summed E-state index contributed by atoms with van der Waals surface area (Å²) >= 11 is 12.8. The van der Waals surface area contributed by atoms with Crippen LogP contribution in [0.2, 0.25) is 10.0 Å². The van der Waals surface area contributed by atoms with Crippen LogP contribution in [-0.4, -0.2) is 4.98 Å². The first-order valence-corrected chi connectivity index (χ1v) is 11.9. The van der Waals surface area contributed by atoms with Crippen molar-refractivity contribution < 1.29 is 9.15 Å². The smallest absolute Gasteiger partial charge is 0.236 e. The lowest BCUT2D eigenvalue weighted by molar-refractivity contribution is 0.187. The quantitative estimate of drug-likeness (QED) is 0.326. The SMILES string of the molecule is C=Cc1c(Cl)cc2nc(C(C)Oc3ccc(C(C)(C)CC)cc3C(C)(C)CC)oc2c1Cl. The van der Waals surface area contributed by atoms with Crippen molar-refractivity contribution in [2.45, 2.75) is 78.2 Å². The van der Waals surface area contributed by atoms with Crippen LogP contribution >= 0.6 is 23.2 Å². The third-order valence-corrected chi connectivity index (χ3v) is 7.43. The summed E-state index contributed by atoms with van der Waals surface area (Å²) in [7, 11) is 0. The average Bonchev–Trinajstić information content (AvgIpc) is 3.18. The van der Waals surface area contributed by atoms with E-state index in [4.69, 9.17) is 32.4 Å². The van der Waals surface area contributed by atoms with Gasteiger partial charge < -0.3 is 9.15 Å². The summed E-state index contributed by atoms with van der Waals surface area (Å²) in [6, 6.07) is 8.29. The number of halogens is 2. The lowest BCUT2D eigenvalue weighted by Crippen LogP contribution is -2.21. The van der Waals surface area contributed by atoms with Gasteiger partial charge >= 0.3 is 0 Å². The molecular weight excluding hydrogens is 441 g/mol. The Morgan fingerprint density at radius 2 is 1.75 bits per heavy atom. The highest BCUT2D eigenvalue weighted by Gasteiger charge is 2.28. The zero-order chi connectivity index (χ0) is 23.8. The number of rotatable bonds is 8. The van der Waals surface area contributed by atoms with Crippen LogP contribution < -0.4 is 4.74 Å². The second-order valence-electron chi connectivity index (χ2n) is 9.64. The molecule has 1 aromatic heterocycles. The molecule has 0 amide bonds. The predicted molar refractivity (Wildman–Crippen MR) is 136 cm³/mol. The fraction of sp³-hybridized carbons (Fsp3) is 0.444. The standard InChI is InChI=1S/C27H33Cl2NO2/c1-9-18-20(28)15-21-24(23(18)29)32-25(30-21)16(4)31-22-13-12-17(26(5,6)10-2)14-19(22)27(7,8)11-3/h9,12-16H,1,10-11H2,2-8H3. The number of oxazole rings is 1. The van der Waals surface area contributed by atoms with Crippen LogP contribution in [0.15, 0.2) is 35.3 Å². The van der Waals surface area contributed by atoms with E-state index >= 15 is 0 Å². The second-order valence-corrected chi connectivity index (χ2v) is 10.4. The molecule has 5 heteroatoms. The van der Waals surface area contributed by atoms with E-state index in [1.165, 1.54) is 11.1 Å². The van der Waals surface area contributed by atoms with Crippen LogP contribution in [0.5, 0.6) is 5.75 Å². The van der Waals surface area contributed by atoms with Crippen LogP contribution in [0, 0.1) is 0 Å². The van der Waals surface area contributed by atoms with Crippen LogP contribution in [0.25, 0.3) is 17.2 Å². The van der Waals surface area contributed by atoms with E-state index in [9.17, 15) is 0 Å². The van der Waals surface area contributed by atoms with E-state index < -0.39 is 6.10 Å². The van der Waals surface area contributed by atoms with Gasteiger partial charge in [-0.3, -0.25) is 0 Å². The number of aromatic nitrogens is 1. The summed E-state index contributed by atoms with van der Waals surface area (Å²) in [6.45, 7) is 19.2. The molecule has 1 atom stereocenters. The first-order chi connectivity index (χ1) is 14.9. The van der Waals surface area contributed by atoms with Crippen molar-refractivity contribution in [1.82, 2.24) is 4.98 Å². The minimum Gasteiger partial charge on any atom is -0.481 e. The van der Waals surface area contributed by atoms with E-state index in [0.717, 1.165) is 18.6 Å². The molecule has 0 aliphatic heterocycles. The van der Waals surface area contributed by atoms with Gasteiger partial charge in [-0.1, -0.05) is 89.5 Å². The predicted octanol–water partition coefficient (Wildman–Crippen LogP) is 9.29. The topological polar surface area (TPSA) is 35.3 Å². The summed E-state index contributed by atoms with van der Waals surface area (Å²) in [6.07, 6.45) is 3.27. The Morgan fingerprint density at radius 3 is 2.34 bits per heavy atom. The first-order valence-electron chi connectivity index (χ1n) is 11.2. The number of ether oxygens (including phenoxy) is 1. The van der Waals surface area contributed by atoms with Gasteiger partial charge in [-0.25, -0.2) is 4.98 Å². The van der Waals surface area contributed by atoms with Gasteiger partial charge in [0, 0.05) is 11.1 Å². The summed E-state index contributed by atoms with van der Waals surface area (Å²) in [5.41, 5.74) is 4.30. The van der Waals surface area contributed by atoms with Crippen molar-refractivity contribution in [3.05, 3.63) is 63.5 Å². The van der Waals surface area contributed by atoms with Gasteiger partial charge in [0.2, 0.25) is 5.89 Å². The lowest BCUT2D eigenvalue weighted by Gasteiger charge is -2.31. The molecule has 0 bridgehead atoms. The van der Waals surface area contributed by atoms with Crippen LogP contribution in [0.1, 0.15) is 90.0 Å². The molecule has 0 aliphatic carbocycles. The molecule has 3 nitrogen and oxygen atoms in total. The van der Waals surface area contributed by atoms with Crippen LogP contribution in [-0.2, 0) is 10.8 Å². The molecule has 0 radical (unpaired) electrons. The van der Waals surface area contributed by atoms with Crippen molar-refractivity contribution in [1.29, 1.82) is 0 Å². The Morgan fingerprint density at radius 1 is 1.09 bits per heavy atom. The highest BCUT2D eigenvalue weighted by molar-refractivity contribution is 6.40. The van der Waals surface area contributed by atoms with E-state index in [2.05, 4.69) is 71.3 Å². The molecule has 1 heterocycles. The third-order valence-electron chi connectivity index (χ3n) is 6.74. The average molecular weight is 474 g/mol. The summed E-state index contributed by atoms with van der Waals surface area (Å²) in [5, 5.41) is 0.902. The Bertz CT molecular complexity index is 1140. The Kier molecular flexibility index (Phi) is 7.02. The molecule has 0 spiro atoms. The molecule has 3 rings (SSSR count). The fourth-order valence-electron chi connectivity index (χ4n) is 3.61. The number of benzene rings is 2. The zero-order valence-electron chi connectivity index (χ0n) is 20.1. The molecule has 3 aromatic rings. The molecule has 0 aliphatic rings. The van der Waals surface area contributed by atoms with Gasteiger partial charge in [0.1, 0.15) is 11.3 Å². The Hall–Kier alpha value is -1.97. The minimum atomic E-state index is -0.402. The molecule has 172 valence electrons. The second kappa shape index (κ2) is 9.11. The zero-order valence-corrected chi connectivity index (χ0v) is 21.6. The highest BCUT2D eigenvalue weighted by Crippen LogP contribution is 2.41. The normalized spacial score (nSPS) is 13.4.